The van der Waals surface area contributed by atoms with E-state index < -0.39 is 28.7 Å². The molecular formula is C33H50O14. The lowest BCUT2D eigenvalue weighted by Gasteiger charge is -2.25. The molecule has 0 radical (unpaired) electrons. The van der Waals surface area contributed by atoms with E-state index in [1.54, 1.807) is 13.8 Å². The first-order chi connectivity index (χ1) is 22.0. The zero-order valence-corrected chi connectivity index (χ0v) is 28.2. The lowest BCUT2D eigenvalue weighted by atomic mass is 9.82. The van der Waals surface area contributed by atoms with E-state index in [0.717, 1.165) is 19.3 Å². The molecule has 1 aromatic carbocycles. The average molecular weight is 671 g/mol. The Balaban J connectivity index is 0.000000474. The molecule has 14 nitrogen and oxygen atoms in total. The highest BCUT2D eigenvalue weighted by atomic mass is 17.2. The van der Waals surface area contributed by atoms with Crippen molar-refractivity contribution in [1.82, 2.24) is 0 Å². The first-order valence-corrected chi connectivity index (χ1v) is 15.7. The Bertz CT molecular complexity index is 1170. The summed E-state index contributed by atoms with van der Waals surface area (Å²) in [6, 6.07) is 3.60. The molecule has 1 aliphatic carbocycles. The normalized spacial score (nSPS) is 16.4. The maximum atomic E-state index is 11.7. The molecule has 47 heavy (non-hydrogen) atoms. The summed E-state index contributed by atoms with van der Waals surface area (Å²) in [5.41, 5.74) is -1.02. The Morgan fingerprint density at radius 3 is 1.66 bits per heavy atom. The zero-order valence-electron chi connectivity index (χ0n) is 28.2. The van der Waals surface area contributed by atoms with E-state index in [4.69, 9.17) is 44.3 Å². The summed E-state index contributed by atoms with van der Waals surface area (Å²) in [6.45, 7) is 11.6. The number of aliphatic carboxylic acids is 1. The molecule has 0 saturated heterocycles. The fourth-order valence-electron chi connectivity index (χ4n) is 4.01. The molecule has 0 aliphatic heterocycles. The van der Waals surface area contributed by atoms with Crippen LogP contribution in [0.2, 0.25) is 0 Å². The molecule has 0 atom stereocenters. The van der Waals surface area contributed by atoms with Crippen LogP contribution >= 0.6 is 0 Å². The number of hydrogen-bond donors (Lipinski definition) is 3. The molecule has 1 aromatic rings. The molecule has 0 unspecified atom stereocenters. The average Bonchev–Trinajstić information content (AvgIpc) is 3.04. The molecule has 1 aliphatic rings. The van der Waals surface area contributed by atoms with Gasteiger partial charge in [0.15, 0.2) is 0 Å². The van der Waals surface area contributed by atoms with E-state index in [-0.39, 0.29) is 67.6 Å². The molecule has 3 N–H and O–H groups in total. The SMILES string of the molecule is CCC(C)(C)C(=O)OCCOOCC1CCC(C(=O)O)CC1.CCC(C)(C)C(=O)OCCOOCc1cc(C(=O)O)ccc1C(=O)O. The Labute approximate surface area is 275 Å². The predicted octanol–water partition coefficient (Wildman–Crippen LogP) is 5.32. The van der Waals surface area contributed by atoms with Gasteiger partial charge in [-0.2, -0.15) is 0 Å². The van der Waals surface area contributed by atoms with Crippen LogP contribution in [0, 0.1) is 22.7 Å². The van der Waals surface area contributed by atoms with Crippen molar-refractivity contribution in [2.24, 2.45) is 22.7 Å². The largest absolute Gasteiger partial charge is 0.481 e. The third-order valence-electron chi connectivity index (χ3n) is 8.14. The summed E-state index contributed by atoms with van der Waals surface area (Å²) >= 11 is 0. The van der Waals surface area contributed by atoms with Gasteiger partial charge in [-0.1, -0.05) is 13.8 Å². The molecule has 1 saturated carbocycles. The number of rotatable bonds is 19. The molecule has 0 bridgehead atoms. The Morgan fingerprint density at radius 2 is 1.21 bits per heavy atom. The van der Waals surface area contributed by atoms with Gasteiger partial charge in [-0.15, -0.1) is 0 Å². The van der Waals surface area contributed by atoms with Crippen LogP contribution in [0.3, 0.4) is 0 Å². The summed E-state index contributed by atoms with van der Waals surface area (Å²) in [6.07, 6.45) is 4.46. The summed E-state index contributed by atoms with van der Waals surface area (Å²) in [4.78, 5) is 76.2. The third-order valence-corrected chi connectivity index (χ3v) is 8.14. The molecule has 2 rings (SSSR count). The van der Waals surface area contributed by atoms with E-state index in [2.05, 4.69) is 0 Å². The maximum absolute atomic E-state index is 11.7. The summed E-state index contributed by atoms with van der Waals surface area (Å²) < 4.78 is 10.2. The van der Waals surface area contributed by atoms with Gasteiger partial charge >= 0.3 is 29.8 Å². The van der Waals surface area contributed by atoms with E-state index in [1.165, 1.54) is 18.2 Å². The first-order valence-electron chi connectivity index (χ1n) is 15.7. The predicted molar refractivity (Wildman–Crippen MR) is 166 cm³/mol. The molecule has 0 amide bonds. The summed E-state index contributed by atoms with van der Waals surface area (Å²) in [5.74, 6) is -3.52. The summed E-state index contributed by atoms with van der Waals surface area (Å²) in [5, 5.41) is 27.0. The number of benzene rings is 1. The van der Waals surface area contributed by atoms with E-state index in [9.17, 15) is 24.0 Å². The Morgan fingerprint density at radius 1 is 0.702 bits per heavy atom. The van der Waals surface area contributed by atoms with Crippen molar-refractivity contribution in [2.45, 2.75) is 86.7 Å². The highest BCUT2D eigenvalue weighted by molar-refractivity contribution is 5.93. The van der Waals surface area contributed by atoms with Crippen LogP contribution in [0.25, 0.3) is 0 Å². The standard InChI is InChI=1S/C17H22O8.C16H28O6/c1-4-17(2,3)16(22)23-7-8-24-25-10-12-9-11(14(18)19)5-6-13(12)15(20)21;1-4-16(2,3)15(19)20-9-10-21-22-11-12-5-7-13(8-6-12)14(17)18/h5-6,9H,4,7-8,10H2,1-3H3,(H,18,19)(H,20,21);12-13H,4-11H2,1-3H3,(H,17,18). The monoisotopic (exact) mass is 670 g/mol. The minimum atomic E-state index is -1.20. The van der Waals surface area contributed by atoms with Crippen LogP contribution in [0.1, 0.15) is 106 Å². The number of carboxylic acids is 3. The van der Waals surface area contributed by atoms with Crippen LogP contribution in [0.5, 0.6) is 0 Å². The minimum Gasteiger partial charge on any atom is -0.481 e. The van der Waals surface area contributed by atoms with Crippen LogP contribution < -0.4 is 0 Å². The Hall–Kier alpha value is -3.59. The number of carbonyl (C=O) groups is 5. The van der Waals surface area contributed by atoms with Crippen LogP contribution in [-0.4, -0.2) is 78.2 Å². The molecular weight excluding hydrogens is 620 g/mol. The third kappa shape index (κ3) is 15.2. The molecule has 0 heterocycles. The molecule has 0 spiro atoms. The van der Waals surface area contributed by atoms with E-state index in [1.807, 2.05) is 27.7 Å². The Kier molecular flexibility index (Phi) is 18.2. The molecule has 0 aromatic heterocycles. The van der Waals surface area contributed by atoms with Gasteiger partial charge < -0.3 is 24.8 Å². The second-order valence-electron chi connectivity index (χ2n) is 12.5. The quantitative estimate of drug-likeness (QED) is 0.0739. The van der Waals surface area contributed by atoms with Crippen molar-refractivity contribution >= 4 is 29.8 Å². The zero-order chi connectivity index (χ0) is 35.6. The van der Waals surface area contributed by atoms with Gasteiger partial charge in [0, 0.05) is 0 Å². The maximum Gasteiger partial charge on any atom is 0.336 e. The van der Waals surface area contributed by atoms with Gasteiger partial charge in [-0.05, 0) is 95.9 Å². The van der Waals surface area contributed by atoms with Crippen molar-refractivity contribution in [3.63, 3.8) is 0 Å². The van der Waals surface area contributed by atoms with E-state index >= 15 is 0 Å². The van der Waals surface area contributed by atoms with Gasteiger partial charge in [0.2, 0.25) is 0 Å². The number of aromatic carboxylic acids is 2. The molecule has 1 fully saturated rings. The van der Waals surface area contributed by atoms with E-state index in [0.29, 0.717) is 31.8 Å². The van der Waals surface area contributed by atoms with Gasteiger partial charge in [-0.25, -0.2) is 29.1 Å². The van der Waals surface area contributed by atoms with Gasteiger partial charge in [0.25, 0.3) is 0 Å². The first kappa shape index (κ1) is 41.4. The number of ether oxygens (including phenoxy) is 2. The smallest absolute Gasteiger partial charge is 0.336 e. The fourth-order valence-corrected chi connectivity index (χ4v) is 4.01. The van der Waals surface area contributed by atoms with Crippen LogP contribution in [0.15, 0.2) is 18.2 Å². The van der Waals surface area contributed by atoms with Crippen molar-refractivity contribution in [3.8, 4) is 0 Å². The minimum absolute atomic E-state index is 0.0107. The topological polar surface area (TPSA) is 201 Å². The highest BCUT2D eigenvalue weighted by Crippen LogP contribution is 2.29. The molecule has 14 heteroatoms. The lowest BCUT2D eigenvalue weighted by Crippen LogP contribution is -2.27. The highest BCUT2D eigenvalue weighted by Gasteiger charge is 2.28. The number of carboxylic acid groups (broad SMARTS) is 3. The van der Waals surface area contributed by atoms with Crippen LogP contribution in [-0.2, 0) is 50.0 Å². The van der Waals surface area contributed by atoms with Crippen molar-refractivity contribution in [1.29, 1.82) is 0 Å². The summed E-state index contributed by atoms with van der Waals surface area (Å²) in [7, 11) is 0. The molecule has 266 valence electrons. The number of carbonyl (C=O) groups excluding carboxylic acids is 2. The number of hydrogen-bond acceptors (Lipinski definition) is 11. The van der Waals surface area contributed by atoms with Crippen LogP contribution in [0.4, 0.5) is 0 Å². The van der Waals surface area contributed by atoms with Gasteiger partial charge in [0.05, 0.1) is 34.5 Å². The van der Waals surface area contributed by atoms with Gasteiger partial charge in [0.1, 0.15) is 33.0 Å². The number of esters is 2. The fraction of sp³-hybridized carbons (Fsp3) is 0.667. The van der Waals surface area contributed by atoms with Crippen molar-refractivity contribution in [2.75, 3.05) is 33.0 Å². The second kappa shape index (κ2) is 20.6. The van der Waals surface area contributed by atoms with Gasteiger partial charge in [-0.3, -0.25) is 14.4 Å². The lowest BCUT2D eigenvalue weighted by molar-refractivity contribution is -0.307. The van der Waals surface area contributed by atoms with Crippen molar-refractivity contribution < 1.29 is 68.3 Å². The second-order valence-corrected chi connectivity index (χ2v) is 12.5. The van der Waals surface area contributed by atoms with Crippen molar-refractivity contribution in [3.05, 3.63) is 34.9 Å².